The summed E-state index contributed by atoms with van der Waals surface area (Å²) in [4.78, 5) is 49.8. The third-order valence-corrected chi connectivity index (χ3v) is 9.77. The lowest BCUT2D eigenvalue weighted by atomic mass is 9.98. The van der Waals surface area contributed by atoms with E-state index in [1.54, 1.807) is 24.3 Å². The first-order valence-corrected chi connectivity index (χ1v) is 17.0. The van der Waals surface area contributed by atoms with E-state index < -0.39 is 36.2 Å². The van der Waals surface area contributed by atoms with Gasteiger partial charge in [0.05, 0.1) is 0 Å². The second-order valence-corrected chi connectivity index (χ2v) is 12.9. The average molecular weight is 697 g/mol. The van der Waals surface area contributed by atoms with E-state index in [4.69, 9.17) is 9.47 Å². The van der Waals surface area contributed by atoms with E-state index in [1.807, 2.05) is 97.1 Å². The molecule has 7 rings (SSSR count). The number of carbonyl (C=O) groups is 4. The van der Waals surface area contributed by atoms with Crippen LogP contribution in [0.15, 0.2) is 121 Å². The van der Waals surface area contributed by atoms with Gasteiger partial charge < -0.3 is 30.3 Å². The van der Waals surface area contributed by atoms with Gasteiger partial charge in [0.1, 0.15) is 25.3 Å². The molecule has 2 aliphatic carbocycles. The van der Waals surface area contributed by atoms with E-state index in [0.29, 0.717) is 11.1 Å². The van der Waals surface area contributed by atoms with E-state index in [2.05, 4.69) is 10.6 Å². The summed E-state index contributed by atoms with van der Waals surface area (Å²) >= 11 is 0. The maximum absolute atomic E-state index is 12.8. The van der Waals surface area contributed by atoms with Crippen LogP contribution in [0.2, 0.25) is 0 Å². The van der Waals surface area contributed by atoms with Gasteiger partial charge in [-0.3, -0.25) is 0 Å². The molecule has 262 valence electrons. The topological polar surface area (TPSA) is 151 Å². The van der Waals surface area contributed by atoms with Gasteiger partial charge in [0, 0.05) is 24.7 Å². The van der Waals surface area contributed by atoms with E-state index in [1.165, 1.54) is 0 Å². The van der Waals surface area contributed by atoms with Crippen molar-refractivity contribution in [2.45, 2.75) is 36.8 Å². The van der Waals surface area contributed by atoms with Crippen molar-refractivity contribution in [1.82, 2.24) is 10.6 Å². The molecule has 0 saturated carbocycles. The van der Waals surface area contributed by atoms with Crippen LogP contribution in [-0.2, 0) is 31.9 Å². The Bertz CT molecular complexity index is 1900. The van der Waals surface area contributed by atoms with Gasteiger partial charge in [0.15, 0.2) is 0 Å². The van der Waals surface area contributed by atoms with Gasteiger partial charge in [0.25, 0.3) is 0 Å². The van der Waals surface area contributed by atoms with Gasteiger partial charge in [-0.05, 0) is 55.6 Å². The molecule has 2 aliphatic rings. The number of aliphatic carboxylic acids is 2. The number of rotatable bonds is 12. The number of fused-ring (bicyclic) bond motifs is 6. The molecule has 0 bridgehead atoms. The molecule has 4 N–H and O–H groups in total. The van der Waals surface area contributed by atoms with Crippen molar-refractivity contribution in [2.24, 2.45) is 0 Å². The molecule has 5 aromatic carbocycles. The van der Waals surface area contributed by atoms with Gasteiger partial charge >= 0.3 is 24.1 Å². The highest BCUT2D eigenvalue weighted by atomic mass is 16.6. The van der Waals surface area contributed by atoms with E-state index in [0.717, 1.165) is 44.5 Å². The zero-order valence-electron chi connectivity index (χ0n) is 28.0. The highest BCUT2D eigenvalue weighted by Crippen LogP contribution is 2.45. The van der Waals surface area contributed by atoms with Crippen LogP contribution in [0, 0.1) is 0 Å². The van der Waals surface area contributed by atoms with E-state index >= 15 is 0 Å². The average Bonchev–Trinajstić information content (AvgIpc) is 3.65. The van der Waals surface area contributed by atoms with Gasteiger partial charge in [0.2, 0.25) is 0 Å². The minimum absolute atomic E-state index is 0.0276. The highest BCUT2D eigenvalue weighted by Gasteiger charge is 2.31. The Kier molecular flexibility index (Phi) is 9.70. The molecule has 0 radical (unpaired) electrons. The van der Waals surface area contributed by atoms with E-state index in [9.17, 15) is 29.4 Å². The number of carbonyl (C=O) groups excluding carboxylic acids is 2. The van der Waals surface area contributed by atoms with Gasteiger partial charge in [-0.2, -0.15) is 0 Å². The number of carboxylic acids is 2. The van der Waals surface area contributed by atoms with Crippen LogP contribution >= 0.6 is 0 Å². The fraction of sp³-hybridized carbons (Fsp3) is 0.190. The molecule has 52 heavy (non-hydrogen) atoms. The molecule has 5 aromatic rings. The molecule has 0 aromatic heterocycles. The smallest absolute Gasteiger partial charge is 0.407 e. The number of nitrogens with one attached hydrogen (secondary N) is 2. The number of alkyl carbamates (subject to hydrolysis) is 2. The normalized spacial score (nSPS) is 13.8. The maximum atomic E-state index is 12.8. The molecular weight excluding hydrogens is 660 g/mol. The van der Waals surface area contributed by atoms with Crippen molar-refractivity contribution >= 4 is 24.1 Å². The number of carboxylic acid groups (broad SMARTS) is 2. The molecule has 2 atom stereocenters. The van der Waals surface area contributed by atoms with Crippen LogP contribution in [0.4, 0.5) is 9.59 Å². The summed E-state index contributed by atoms with van der Waals surface area (Å²) in [6, 6.07) is 35.9. The Labute approximate surface area is 300 Å². The standard InChI is InChI=1S/C42H36N2O8/c45-39(46)37(43-41(49)51-23-35-31-13-5-1-9-27(31)28-10-2-6-14-32(28)35)21-25-17-19-26(20-18-25)22-38(40(47)48)44-42(50)52-24-36-33-15-7-3-11-29(33)30-12-4-8-16-34(30)36/h1-20,35-38H,21-24H2,(H,43,49)(H,44,50)(H,45,46)(H,47,48)/t37-,38-/m0/s1. The van der Waals surface area contributed by atoms with Crippen molar-refractivity contribution in [2.75, 3.05) is 13.2 Å². The Hall–Kier alpha value is -6.42. The molecule has 0 saturated heterocycles. The third-order valence-electron chi connectivity index (χ3n) is 9.77. The zero-order valence-corrected chi connectivity index (χ0v) is 28.0. The zero-order chi connectivity index (χ0) is 36.2. The van der Waals surface area contributed by atoms with Crippen molar-refractivity contribution in [3.8, 4) is 22.3 Å². The number of hydrogen-bond donors (Lipinski definition) is 4. The molecule has 10 heteroatoms. The van der Waals surface area contributed by atoms with Crippen LogP contribution in [-0.4, -0.2) is 59.6 Å². The first-order chi connectivity index (χ1) is 25.3. The van der Waals surface area contributed by atoms with Crippen LogP contribution in [0.5, 0.6) is 0 Å². The molecule has 10 nitrogen and oxygen atoms in total. The first-order valence-electron chi connectivity index (χ1n) is 17.0. The summed E-state index contributed by atoms with van der Waals surface area (Å²) in [6.45, 7) is 0.103. The van der Waals surface area contributed by atoms with Crippen LogP contribution in [0.25, 0.3) is 22.3 Å². The van der Waals surface area contributed by atoms with Crippen LogP contribution < -0.4 is 10.6 Å². The minimum atomic E-state index is -1.26. The first kappa shape index (κ1) is 34.0. The van der Waals surface area contributed by atoms with Crippen molar-refractivity contribution in [3.05, 3.63) is 155 Å². The van der Waals surface area contributed by atoms with Crippen LogP contribution in [0.1, 0.15) is 45.2 Å². The number of amides is 2. The Morgan fingerprint density at radius 2 is 0.769 bits per heavy atom. The van der Waals surface area contributed by atoms with Crippen molar-refractivity contribution in [3.63, 3.8) is 0 Å². The largest absolute Gasteiger partial charge is 0.480 e. The Morgan fingerprint density at radius 3 is 1.06 bits per heavy atom. The SMILES string of the molecule is O=C(N[C@@H](Cc1ccc(C[C@H](NC(=O)OCC2c3ccccc3-c3ccccc32)C(=O)O)cc1)C(=O)O)OCC1c2ccccc2-c2ccccc21. The quantitative estimate of drug-likeness (QED) is 0.112. The third kappa shape index (κ3) is 7.09. The monoisotopic (exact) mass is 696 g/mol. The summed E-state index contributed by atoms with van der Waals surface area (Å²) < 4.78 is 11.1. The molecule has 0 aliphatic heterocycles. The van der Waals surface area contributed by atoms with Crippen molar-refractivity contribution in [1.29, 1.82) is 0 Å². The molecule has 0 fully saturated rings. The summed E-state index contributed by atoms with van der Waals surface area (Å²) in [7, 11) is 0. The lowest BCUT2D eigenvalue weighted by molar-refractivity contribution is -0.140. The van der Waals surface area contributed by atoms with E-state index in [-0.39, 0.29) is 37.9 Å². The van der Waals surface area contributed by atoms with Gasteiger partial charge in [-0.25, -0.2) is 19.2 Å². The second-order valence-electron chi connectivity index (χ2n) is 12.9. The molecule has 2 amide bonds. The number of hydrogen-bond acceptors (Lipinski definition) is 6. The summed E-state index contributed by atoms with van der Waals surface area (Å²) in [5.41, 5.74) is 9.73. The van der Waals surface area contributed by atoms with Crippen LogP contribution in [0.3, 0.4) is 0 Å². The van der Waals surface area contributed by atoms with Gasteiger partial charge in [-0.15, -0.1) is 0 Å². The fourth-order valence-electron chi connectivity index (χ4n) is 7.25. The molecular formula is C42H36N2O8. The lowest BCUT2D eigenvalue weighted by Gasteiger charge is -2.18. The Balaban J connectivity index is 0.919. The van der Waals surface area contributed by atoms with Gasteiger partial charge in [-0.1, -0.05) is 121 Å². The number of benzene rings is 5. The molecule has 0 unspecified atom stereocenters. The summed E-state index contributed by atoms with van der Waals surface area (Å²) in [5.74, 6) is -2.78. The van der Waals surface area contributed by atoms with Crippen molar-refractivity contribution < 1.29 is 38.9 Å². The second kappa shape index (κ2) is 14.8. The predicted octanol–water partition coefficient (Wildman–Crippen LogP) is 6.76. The molecule has 0 heterocycles. The fourth-order valence-corrected chi connectivity index (χ4v) is 7.25. The highest BCUT2D eigenvalue weighted by molar-refractivity contribution is 5.83. The molecule has 0 spiro atoms. The summed E-state index contributed by atoms with van der Waals surface area (Å²) in [5, 5.41) is 24.7. The maximum Gasteiger partial charge on any atom is 0.407 e. The Morgan fingerprint density at radius 1 is 0.481 bits per heavy atom. The number of ether oxygens (including phenoxy) is 2. The minimum Gasteiger partial charge on any atom is -0.480 e. The lowest BCUT2D eigenvalue weighted by Crippen LogP contribution is -2.43. The summed E-state index contributed by atoms with van der Waals surface area (Å²) in [6.07, 6.45) is -1.73. The predicted molar refractivity (Wildman–Crippen MR) is 193 cm³/mol.